The topological polar surface area (TPSA) is 74.0 Å². The molecule has 0 aliphatic heterocycles. The van der Waals surface area contributed by atoms with Crippen molar-refractivity contribution in [2.75, 3.05) is 0 Å². The van der Waals surface area contributed by atoms with E-state index >= 15 is 0 Å². The number of H-pyrrole nitrogens is 1. The average Bonchev–Trinajstić information content (AvgIpc) is 2.62. The molecule has 9 heteroatoms. The number of para-hydroxylation sites is 1. The molecule has 1 aromatic heterocycles. The molecule has 0 radical (unpaired) electrons. The maximum absolute atomic E-state index is 10.7. The van der Waals surface area contributed by atoms with E-state index < -0.39 is 15.6 Å². The minimum absolute atomic E-state index is 1.17. The minimum atomic E-state index is -5.84. The van der Waals surface area contributed by atoms with Crippen LogP contribution in [0.5, 0.6) is 0 Å². The van der Waals surface area contributed by atoms with Gasteiger partial charge in [-0.15, -0.1) is 0 Å². The number of nitrogens with zero attached hydrogens (tertiary/aromatic N) is 1. The number of aryl methyl sites for hydroxylation is 2. The summed E-state index contributed by atoms with van der Waals surface area (Å²) in [7, 11) is -5.84. The first kappa shape index (κ1) is 18.2. The van der Waals surface area contributed by atoms with Gasteiger partial charge in [0.05, 0.1) is 0 Å². The summed E-state index contributed by atoms with van der Waals surface area (Å²) in [5.41, 5.74) is -1.82. The second-order valence-corrected chi connectivity index (χ2v) is 5.93. The molecular formula is C13H16F3N2O3S+. The number of hydrogen-bond acceptors (Lipinski definition) is 2. The van der Waals surface area contributed by atoms with Gasteiger partial charge < -0.3 is 0 Å². The van der Waals surface area contributed by atoms with Gasteiger partial charge in [0.15, 0.2) is 0 Å². The molecule has 122 valence electrons. The molecule has 0 unspecified atom stereocenters. The Morgan fingerprint density at radius 3 is 1.86 bits per heavy atom. The highest BCUT2D eigenvalue weighted by Gasteiger charge is 2.44. The number of halogens is 3. The van der Waals surface area contributed by atoms with Gasteiger partial charge in [-0.1, -0.05) is 18.2 Å². The van der Waals surface area contributed by atoms with Gasteiger partial charge in [0.1, 0.15) is 17.1 Å². The lowest BCUT2D eigenvalue weighted by Crippen LogP contribution is -2.34. The zero-order valence-corrected chi connectivity index (χ0v) is 13.0. The fourth-order valence-corrected chi connectivity index (χ4v) is 1.80. The highest BCUT2D eigenvalue weighted by Crippen LogP contribution is 2.20. The number of benzene rings is 1. The first-order valence-corrected chi connectivity index (χ1v) is 7.56. The van der Waals surface area contributed by atoms with E-state index in [1.165, 1.54) is 22.9 Å². The van der Waals surface area contributed by atoms with Crippen LogP contribution in [0, 0.1) is 20.8 Å². The van der Waals surface area contributed by atoms with Crippen molar-refractivity contribution < 1.29 is 30.7 Å². The van der Waals surface area contributed by atoms with Crippen molar-refractivity contribution >= 4 is 10.1 Å². The van der Waals surface area contributed by atoms with Crippen LogP contribution in [-0.4, -0.2) is 23.5 Å². The van der Waals surface area contributed by atoms with E-state index in [-0.39, 0.29) is 0 Å². The molecule has 2 aromatic rings. The van der Waals surface area contributed by atoms with Gasteiger partial charge in [0, 0.05) is 20.8 Å². The first-order valence-electron chi connectivity index (χ1n) is 6.12. The molecule has 0 aliphatic rings. The Labute approximate surface area is 126 Å². The van der Waals surface area contributed by atoms with Crippen molar-refractivity contribution in [2.45, 2.75) is 26.3 Å². The molecule has 0 saturated carbocycles. The zero-order valence-electron chi connectivity index (χ0n) is 12.1. The number of aromatic nitrogens is 2. The Morgan fingerprint density at radius 2 is 1.55 bits per heavy atom. The number of imidazole rings is 1. The van der Waals surface area contributed by atoms with E-state index in [2.05, 4.69) is 54.6 Å². The molecule has 0 amide bonds. The predicted molar refractivity (Wildman–Crippen MR) is 74.1 cm³/mol. The molecule has 0 saturated heterocycles. The molecular weight excluding hydrogens is 321 g/mol. The van der Waals surface area contributed by atoms with Crippen LogP contribution in [0.15, 0.2) is 30.3 Å². The normalized spacial score (nSPS) is 11.8. The van der Waals surface area contributed by atoms with Crippen LogP contribution in [0.4, 0.5) is 13.2 Å². The van der Waals surface area contributed by atoms with Crippen LogP contribution in [0.2, 0.25) is 0 Å². The van der Waals surface area contributed by atoms with Gasteiger partial charge in [-0.05, 0) is 12.1 Å². The largest absolute Gasteiger partial charge is 0.522 e. The van der Waals surface area contributed by atoms with Gasteiger partial charge in [-0.3, -0.25) is 4.55 Å². The van der Waals surface area contributed by atoms with Crippen LogP contribution in [0.1, 0.15) is 17.2 Å². The summed E-state index contributed by atoms with van der Waals surface area (Å²) in [4.78, 5) is 3.34. The lowest BCUT2D eigenvalue weighted by Gasteiger charge is -1.98. The Hall–Kier alpha value is -1.87. The van der Waals surface area contributed by atoms with Crippen molar-refractivity contribution in [3.8, 4) is 5.69 Å². The quantitative estimate of drug-likeness (QED) is 0.477. The summed E-state index contributed by atoms with van der Waals surface area (Å²) < 4.78 is 59.8. The smallest absolute Gasteiger partial charge is 0.279 e. The molecule has 0 spiro atoms. The van der Waals surface area contributed by atoms with Crippen LogP contribution < -0.4 is 4.57 Å². The summed E-state index contributed by atoms with van der Waals surface area (Å²) in [6.45, 7) is 6.32. The molecule has 0 atom stereocenters. The summed E-state index contributed by atoms with van der Waals surface area (Å²) in [6, 6.07) is 10.4. The number of rotatable bonds is 1. The molecule has 2 rings (SSSR count). The third-order valence-corrected chi connectivity index (χ3v) is 3.47. The average molecular weight is 337 g/mol. The fraction of sp³-hybridized carbons (Fsp3) is 0.308. The Balaban J connectivity index is 0.000000261. The second kappa shape index (κ2) is 6.49. The van der Waals surface area contributed by atoms with Crippen LogP contribution in [0.25, 0.3) is 5.69 Å². The third kappa shape index (κ3) is 4.31. The highest BCUT2D eigenvalue weighted by molar-refractivity contribution is 7.86. The summed E-state index contributed by atoms with van der Waals surface area (Å²) in [6.07, 6.45) is 0. The molecule has 22 heavy (non-hydrogen) atoms. The van der Waals surface area contributed by atoms with Gasteiger partial charge in [-0.25, -0.2) is 4.98 Å². The summed E-state index contributed by atoms with van der Waals surface area (Å²) >= 11 is 0. The highest BCUT2D eigenvalue weighted by atomic mass is 32.2. The number of hydrogen-bond donors (Lipinski definition) is 2. The van der Waals surface area contributed by atoms with Crippen molar-refractivity contribution in [1.82, 2.24) is 4.98 Å². The van der Waals surface area contributed by atoms with Crippen LogP contribution in [-0.2, 0) is 10.1 Å². The maximum atomic E-state index is 10.7. The van der Waals surface area contributed by atoms with Crippen molar-refractivity contribution in [3.05, 3.63) is 47.5 Å². The number of aromatic amines is 1. The van der Waals surface area contributed by atoms with E-state index in [1.54, 1.807) is 0 Å². The Kier molecular flexibility index (Phi) is 5.36. The molecule has 0 aliphatic carbocycles. The third-order valence-electron chi connectivity index (χ3n) is 2.89. The lowest BCUT2D eigenvalue weighted by molar-refractivity contribution is -0.608. The molecule has 2 N–H and O–H groups in total. The van der Waals surface area contributed by atoms with E-state index in [0.29, 0.717) is 0 Å². The Bertz CT molecular complexity index is 738. The number of nitrogens with one attached hydrogen (secondary N) is 1. The standard InChI is InChI=1S/C12H14N2.CHF3O3S/c1-9-10(2)14(11(3)13-9)12-7-5-4-6-8-12;2-1(3,4)8(5,6)7/h4-8H,1-3H3;(H,5,6,7)/p+1. The van der Waals surface area contributed by atoms with Crippen LogP contribution in [0.3, 0.4) is 0 Å². The maximum Gasteiger partial charge on any atom is 0.522 e. The van der Waals surface area contributed by atoms with Gasteiger partial charge >= 0.3 is 15.6 Å². The van der Waals surface area contributed by atoms with E-state index in [9.17, 15) is 13.2 Å². The minimum Gasteiger partial charge on any atom is -0.279 e. The van der Waals surface area contributed by atoms with Gasteiger partial charge in [0.25, 0.3) is 5.82 Å². The van der Waals surface area contributed by atoms with Crippen LogP contribution >= 0.6 is 0 Å². The second-order valence-electron chi connectivity index (χ2n) is 4.51. The monoisotopic (exact) mass is 337 g/mol. The Morgan fingerprint density at radius 1 is 1.09 bits per heavy atom. The summed E-state index contributed by atoms with van der Waals surface area (Å²) in [5, 5.41) is 0. The molecule has 0 fully saturated rings. The SMILES string of the molecule is Cc1[nH]c(C)[n+](-c2ccccc2)c1C.O=S(=O)(O)C(F)(F)F. The van der Waals surface area contributed by atoms with Gasteiger partial charge in [-0.2, -0.15) is 26.2 Å². The van der Waals surface area contributed by atoms with Crippen molar-refractivity contribution in [1.29, 1.82) is 0 Å². The van der Waals surface area contributed by atoms with Gasteiger partial charge in [0.2, 0.25) is 0 Å². The molecule has 5 nitrogen and oxygen atoms in total. The molecule has 0 bridgehead atoms. The zero-order chi connectivity index (χ0) is 17.1. The number of alkyl halides is 3. The van der Waals surface area contributed by atoms with E-state index in [1.807, 2.05) is 6.07 Å². The molecule has 1 aromatic carbocycles. The molecule has 1 heterocycles. The lowest BCUT2D eigenvalue weighted by atomic mass is 10.3. The predicted octanol–water partition coefficient (Wildman–Crippen LogP) is 2.61. The van der Waals surface area contributed by atoms with E-state index in [0.717, 1.165) is 0 Å². The van der Waals surface area contributed by atoms with E-state index in [4.69, 9.17) is 13.0 Å². The fourth-order valence-electron chi connectivity index (χ4n) is 1.80. The first-order chi connectivity index (χ1) is 9.95. The van der Waals surface area contributed by atoms with Crippen molar-refractivity contribution in [2.24, 2.45) is 0 Å². The van der Waals surface area contributed by atoms with Crippen molar-refractivity contribution in [3.63, 3.8) is 0 Å². The summed E-state index contributed by atoms with van der Waals surface area (Å²) in [5.74, 6) is 1.17.